The van der Waals surface area contributed by atoms with Crippen LogP contribution in [0.25, 0.3) is 0 Å². The molecule has 1 fully saturated rings. The van der Waals surface area contributed by atoms with Crippen molar-refractivity contribution in [2.75, 3.05) is 45.9 Å². The first-order valence-electron chi connectivity index (χ1n) is 11.2. The molecule has 1 N–H and O–H groups in total. The van der Waals surface area contributed by atoms with Crippen LogP contribution in [0, 0.1) is 0 Å². The number of hydrogen-bond donors (Lipinski definition) is 1. The van der Waals surface area contributed by atoms with Gasteiger partial charge in [-0.05, 0) is 42.8 Å². The summed E-state index contributed by atoms with van der Waals surface area (Å²) in [6.07, 6.45) is 4.10. The van der Waals surface area contributed by atoms with Gasteiger partial charge in [0.25, 0.3) is 0 Å². The van der Waals surface area contributed by atoms with Crippen LogP contribution in [0.2, 0.25) is 5.02 Å². The number of aromatic nitrogens is 1. The van der Waals surface area contributed by atoms with E-state index in [1.54, 1.807) is 12.4 Å². The minimum atomic E-state index is 0.0536. The van der Waals surface area contributed by atoms with Gasteiger partial charge in [0.1, 0.15) is 11.9 Å². The Morgan fingerprint density at radius 2 is 2.03 bits per heavy atom. The van der Waals surface area contributed by atoms with Gasteiger partial charge >= 0.3 is 0 Å². The molecule has 32 heavy (non-hydrogen) atoms. The number of nitrogens with zero attached hydrogens (tertiary/aromatic N) is 3. The molecule has 1 aromatic carbocycles. The van der Waals surface area contributed by atoms with Crippen LogP contribution >= 0.6 is 11.6 Å². The minimum Gasteiger partial charge on any atom is -0.489 e. The molecule has 8 heteroatoms. The molecule has 172 valence electrons. The first-order valence-corrected chi connectivity index (χ1v) is 11.6. The third-order valence-electron chi connectivity index (χ3n) is 5.98. The van der Waals surface area contributed by atoms with Crippen molar-refractivity contribution in [2.45, 2.75) is 32.0 Å². The van der Waals surface area contributed by atoms with Crippen LogP contribution in [-0.4, -0.2) is 72.7 Å². The van der Waals surface area contributed by atoms with E-state index < -0.39 is 0 Å². The van der Waals surface area contributed by atoms with E-state index >= 15 is 0 Å². The van der Waals surface area contributed by atoms with Crippen molar-refractivity contribution in [3.8, 4) is 5.75 Å². The predicted octanol–water partition coefficient (Wildman–Crippen LogP) is 2.90. The summed E-state index contributed by atoms with van der Waals surface area (Å²) in [4.78, 5) is 21.5. The molecule has 2 aromatic rings. The van der Waals surface area contributed by atoms with Gasteiger partial charge in [-0.3, -0.25) is 19.6 Å². The van der Waals surface area contributed by atoms with Gasteiger partial charge in [0.2, 0.25) is 5.91 Å². The van der Waals surface area contributed by atoms with Gasteiger partial charge in [-0.15, -0.1) is 0 Å². The van der Waals surface area contributed by atoms with Gasteiger partial charge in [0.15, 0.2) is 0 Å². The number of morpholine rings is 1. The summed E-state index contributed by atoms with van der Waals surface area (Å²) >= 11 is 6.17. The molecular weight excluding hydrogens is 428 g/mol. The molecule has 1 saturated heterocycles. The smallest absolute Gasteiger partial charge is 0.221 e. The molecule has 0 bridgehead atoms. The van der Waals surface area contributed by atoms with Crippen LogP contribution in [-0.2, 0) is 16.1 Å². The number of amides is 1. The van der Waals surface area contributed by atoms with Crippen molar-refractivity contribution >= 4 is 17.5 Å². The lowest BCUT2D eigenvalue weighted by molar-refractivity contribution is -0.121. The Kier molecular flexibility index (Phi) is 7.97. The Balaban J connectivity index is 1.32. The van der Waals surface area contributed by atoms with E-state index in [4.69, 9.17) is 21.1 Å². The number of halogens is 1. The highest BCUT2D eigenvalue weighted by molar-refractivity contribution is 6.30. The molecule has 1 aromatic heterocycles. The lowest BCUT2D eigenvalue weighted by atomic mass is 10.1. The van der Waals surface area contributed by atoms with Crippen molar-refractivity contribution in [1.29, 1.82) is 0 Å². The number of pyridine rings is 1. The summed E-state index contributed by atoms with van der Waals surface area (Å²) in [6.45, 7) is 7.94. The van der Waals surface area contributed by atoms with Crippen LogP contribution < -0.4 is 10.1 Å². The molecule has 7 nitrogen and oxygen atoms in total. The van der Waals surface area contributed by atoms with Crippen LogP contribution in [0.3, 0.4) is 0 Å². The molecule has 3 heterocycles. The Bertz CT molecular complexity index is 892. The molecule has 1 amide bonds. The normalized spacial score (nSPS) is 20.6. The Hall–Kier alpha value is -2.19. The van der Waals surface area contributed by atoms with Crippen molar-refractivity contribution in [3.05, 3.63) is 58.9 Å². The zero-order valence-electron chi connectivity index (χ0n) is 18.5. The zero-order valence-corrected chi connectivity index (χ0v) is 19.3. The van der Waals surface area contributed by atoms with E-state index in [1.165, 1.54) is 0 Å². The van der Waals surface area contributed by atoms with Crippen molar-refractivity contribution in [1.82, 2.24) is 20.1 Å². The number of rotatable bonds is 7. The molecule has 0 radical (unpaired) electrons. The molecule has 0 unspecified atom stereocenters. The van der Waals surface area contributed by atoms with Crippen LogP contribution in [0.5, 0.6) is 5.75 Å². The fourth-order valence-corrected chi connectivity index (χ4v) is 4.57. The quantitative estimate of drug-likeness (QED) is 0.688. The van der Waals surface area contributed by atoms with Gasteiger partial charge in [-0.25, -0.2) is 0 Å². The highest BCUT2D eigenvalue weighted by Crippen LogP contribution is 2.28. The number of carbonyl (C=O) groups excluding carboxylic acids is 1. The third kappa shape index (κ3) is 6.19. The number of carbonyl (C=O) groups is 1. The largest absolute Gasteiger partial charge is 0.489 e. The summed E-state index contributed by atoms with van der Waals surface area (Å²) in [6, 6.07) is 9.88. The average molecular weight is 459 g/mol. The number of fused-ring (bicyclic) bond motifs is 1. The summed E-state index contributed by atoms with van der Waals surface area (Å²) in [5.74, 6) is 0.931. The van der Waals surface area contributed by atoms with Crippen molar-refractivity contribution in [3.63, 3.8) is 0 Å². The molecule has 2 atom stereocenters. The SMILES string of the molecule is C[C@@H]1CN(CCC(=O)NC[C@@H](c2ccncc2)N2CCOCC2)Cc2cc(Cl)ccc2O1. The van der Waals surface area contributed by atoms with E-state index in [-0.39, 0.29) is 18.1 Å². The van der Waals surface area contributed by atoms with E-state index in [0.29, 0.717) is 24.5 Å². The van der Waals surface area contributed by atoms with E-state index in [2.05, 4.69) is 27.0 Å². The van der Waals surface area contributed by atoms with Gasteiger partial charge in [0, 0.05) is 68.7 Å². The van der Waals surface area contributed by atoms with Crippen LogP contribution in [0.1, 0.15) is 30.5 Å². The maximum atomic E-state index is 12.7. The fourth-order valence-electron chi connectivity index (χ4n) is 4.37. The molecular formula is C24H31ClN4O3. The second-order valence-electron chi connectivity index (χ2n) is 8.41. The summed E-state index contributed by atoms with van der Waals surface area (Å²) in [7, 11) is 0. The molecule has 0 spiro atoms. The predicted molar refractivity (Wildman–Crippen MR) is 124 cm³/mol. The number of hydrogen-bond acceptors (Lipinski definition) is 6. The third-order valence-corrected chi connectivity index (χ3v) is 6.22. The highest BCUT2D eigenvalue weighted by atomic mass is 35.5. The Labute approximate surface area is 194 Å². The monoisotopic (exact) mass is 458 g/mol. The highest BCUT2D eigenvalue weighted by Gasteiger charge is 2.24. The Morgan fingerprint density at radius 1 is 1.25 bits per heavy atom. The fraction of sp³-hybridized carbons (Fsp3) is 0.500. The molecule has 2 aliphatic rings. The second kappa shape index (κ2) is 11.1. The molecule has 0 aliphatic carbocycles. The zero-order chi connectivity index (χ0) is 22.3. The van der Waals surface area contributed by atoms with Gasteiger partial charge in [0.05, 0.1) is 19.3 Å². The van der Waals surface area contributed by atoms with E-state index in [0.717, 1.165) is 56.3 Å². The number of benzene rings is 1. The standard InChI is InChI=1S/C24H31ClN4O3/c1-18-16-28(17-20-14-21(25)2-3-23(20)32-18)9-6-24(30)27-15-22(19-4-7-26-8-5-19)29-10-12-31-13-11-29/h2-5,7-8,14,18,22H,6,9-13,15-17H2,1H3,(H,27,30)/t18-,22+/m1/s1. The van der Waals surface area contributed by atoms with Crippen molar-refractivity contribution < 1.29 is 14.3 Å². The van der Waals surface area contributed by atoms with Crippen LogP contribution in [0.4, 0.5) is 0 Å². The van der Waals surface area contributed by atoms with Crippen LogP contribution in [0.15, 0.2) is 42.7 Å². The van der Waals surface area contributed by atoms with E-state index in [1.807, 2.05) is 30.3 Å². The first kappa shape index (κ1) is 23.0. The summed E-state index contributed by atoms with van der Waals surface area (Å²) < 4.78 is 11.5. The van der Waals surface area contributed by atoms with Crippen molar-refractivity contribution in [2.24, 2.45) is 0 Å². The maximum Gasteiger partial charge on any atom is 0.221 e. The molecule has 0 saturated carbocycles. The lowest BCUT2D eigenvalue weighted by Gasteiger charge is -2.34. The number of ether oxygens (including phenoxy) is 2. The lowest BCUT2D eigenvalue weighted by Crippen LogP contribution is -2.44. The topological polar surface area (TPSA) is 66.9 Å². The van der Waals surface area contributed by atoms with Gasteiger partial charge in [-0.1, -0.05) is 11.6 Å². The molecule has 2 aliphatic heterocycles. The van der Waals surface area contributed by atoms with Gasteiger partial charge < -0.3 is 14.8 Å². The van der Waals surface area contributed by atoms with Gasteiger partial charge in [-0.2, -0.15) is 0 Å². The average Bonchev–Trinajstić information content (AvgIpc) is 2.96. The summed E-state index contributed by atoms with van der Waals surface area (Å²) in [5.41, 5.74) is 2.22. The van der Waals surface area contributed by atoms with E-state index in [9.17, 15) is 4.79 Å². The second-order valence-corrected chi connectivity index (χ2v) is 8.85. The molecule has 4 rings (SSSR count). The minimum absolute atomic E-state index is 0.0536. The first-order chi connectivity index (χ1) is 15.6. The summed E-state index contributed by atoms with van der Waals surface area (Å²) in [5, 5.41) is 3.85. The number of nitrogens with one attached hydrogen (secondary N) is 1. The Morgan fingerprint density at radius 3 is 2.81 bits per heavy atom. The maximum absolute atomic E-state index is 12.7.